The van der Waals surface area contributed by atoms with Gasteiger partial charge in [-0.25, -0.2) is 4.39 Å². The van der Waals surface area contributed by atoms with Crippen molar-refractivity contribution in [1.82, 2.24) is 10.6 Å². The standard InChI is InChI=1S/C14H19FN2O2.ClH/c1-19-9-11-7-10(4-5-12(11)15)8-17-14(18)13-3-2-6-16-13;/h4-5,7,13,16H,2-3,6,8-9H2,1H3,(H,17,18);1H. The van der Waals surface area contributed by atoms with Crippen LogP contribution in [0.4, 0.5) is 4.39 Å². The average molecular weight is 303 g/mol. The van der Waals surface area contributed by atoms with E-state index in [-0.39, 0.29) is 36.8 Å². The summed E-state index contributed by atoms with van der Waals surface area (Å²) in [6.07, 6.45) is 1.91. The van der Waals surface area contributed by atoms with Crippen LogP contribution in [0.3, 0.4) is 0 Å². The van der Waals surface area contributed by atoms with Gasteiger partial charge in [0.2, 0.25) is 5.91 Å². The summed E-state index contributed by atoms with van der Waals surface area (Å²) in [5, 5.41) is 6.01. The van der Waals surface area contributed by atoms with Crippen LogP contribution in [-0.2, 0) is 22.7 Å². The predicted molar refractivity (Wildman–Crippen MR) is 77.2 cm³/mol. The maximum atomic E-state index is 13.4. The fourth-order valence-corrected chi connectivity index (χ4v) is 2.22. The van der Waals surface area contributed by atoms with Crippen molar-refractivity contribution >= 4 is 18.3 Å². The summed E-state index contributed by atoms with van der Waals surface area (Å²) < 4.78 is 18.4. The van der Waals surface area contributed by atoms with E-state index >= 15 is 0 Å². The van der Waals surface area contributed by atoms with Crippen LogP contribution in [0, 0.1) is 5.82 Å². The summed E-state index contributed by atoms with van der Waals surface area (Å²) in [6.45, 7) is 1.54. The van der Waals surface area contributed by atoms with Crippen molar-refractivity contribution in [2.45, 2.75) is 32.0 Å². The molecular formula is C14H20ClFN2O2. The van der Waals surface area contributed by atoms with Crippen LogP contribution in [-0.4, -0.2) is 25.6 Å². The lowest BCUT2D eigenvalue weighted by Gasteiger charge is -2.12. The van der Waals surface area contributed by atoms with E-state index in [2.05, 4.69) is 10.6 Å². The molecule has 20 heavy (non-hydrogen) atoms. The highest BCUT2D eigenvalue weighted by Gasteiger charge is 2.21. The molecule has 2 N–H and O–H groups in total. The first-order valence-corrected chi connectivity index (χ1v) is 6.48. The first-order valence-electron chi connectivity index (χ1n) is 6.48. The van der Waals surface area contributed by atoms with E-state index in [4.69, 9.17) is 4.74 Å². The van der Waals surface area contributed by atoms with Crippen molar-refractivity contribution in [1.29, 1.82) is 0 Å². The van der Waals surface area contributed by atoms with Gasteiger partial charge < -0.3 is 15.4 Å². The summed E-state index contributed by atoms with van der Waals surface area (Å²) >= 11 is 0. The summed E-state index contributed by atoms with van der Waals surface area (Å²) in [4.78, 5) is 11.8. The van der Waals surface area contributed by atoms with Gasteiger partial charge in [0.05, 0.1) is 12.6 Å². The third-order valence-corrected chi connectivity index (χ3v) is 3.25. The highest BCUT2D eigenvalue weighted by atomic mass is 35.5. The van der Waals surface area contributed by atoms with E-state index in [9.17, 15) is 9.18 Å². The Morgan fingerprint density at radius 3 is 3.00 bits per heavy atom. The van der Waals surface area contributed by atoms with E-state index in [1.165, 1.54) is 13.2 Å². The number of amides is 1. The number of benzene rings is 1. The Kier molecular flexibility index (Phi) is 6.91. The van der Waals surface area contributed by atoms with Gasteiger partial charge in [-0.1, -0.05) is 6.07 Å². The lowest BCUT2D eigenvalue weighted by Crippen LogP contribution is -2.40. The average Bonchev–Trinajstić information content (AvgIpc) is 2.93. The fourth-order valence-electron chi connectivity index (χ4n) is 2.22. The Labute approximate surface area is 124 Å². The van der Waals surface area contributed by atoms with Crippen molar-refractivity contribution < 1.29 is 13.9 Å². The molecule has 1 aromatic rings. The Morgan fingerprint density at radius 1 is 1.55 bits per heavy atom. The molecule has 0 bridgehead atoms. The molecule has 6 heteroatoms. The molecule has 4 nitrogen and oxygen atoms in total. The Bertz CT molecular complexity index is 451. The van der Waals surface area contributed by atoms with Crippen LogP contribution >= 0.6 is 12.4 Å². The number of methoxy groups -OCH3 is 1. The Balaban J connectivity index is 0.00000200. The molecule has 1 saturated heterocycles. The van der Waals surface area contributed by atoms with Gasteiger partial charge in [-0.3, -0.25) is 4.79 Å². The zero-order valence-electron chi connectivity index (χ0n) is 11.4. The van der Waals surface area contributed by atoms with Gasteiger partial charge in [0.15, 0.2) is 0 Å². The number of hydrogen-bond acceptors (Lipinski definition) is 3. The molecule has 0 spiro atoms. The molecule has 0 saturated carbocycles. The molecule has 112 valence electrons. The second-order valence-corrected chi connectivity index (χ2v) is 4.73. The third-order valence-electron chi connectivity index (χ3n) is 3.25. The van der Waals surface area contributed by atoms with Gasteiger partial charge in [-0.15, -0.1) is 12.4 Å². The first kappa shape index (κ1) is 16.9. The molecule has 1 fully saturated rings. The van der Waals surface area contributed by atoms with Gasteiger partial charge in [-0.05, 0) is 37.1 Å². The molecule has 1 aliphatic heterocycles. The minimum absolute atomic E-state index is 0. The van der Waals surface area contributed by atoms with Gasteiger partial charge in [0.1, 0.15) is 5.82 Å². The van der Waals surface area contributed by atoms with Gasteiger partial charge in [0, 0.05) is 19.2 Å². The van der Waals surface area contributed by atoms with E-state index in [0.717, 1.165) is 24.9 Å². The van der Waals surface area contributed by atoms with Crippen molar-refractivity contribution in [3.63, 3.8) is 0 Å². The first-order chi connectivity index (χ1) is 9.20. The zero-order valence-corrected chi connectivity index (χ0v) is 12.3. The molecule has 1 aliphatic rings. The number of ether oxygens (including phenoxy) is 1. The summed E-state index contributed by atoms with van der Waals surface area (Å²) in [7, 11) is 1.53. The highest BCUT2D eigenvalue weighted by Crippen LogP contribution is 2.12. The van der Waals surface area contributed by atoms with Crippen LogP contribution in [0.1, 0.15) is 24.0 Å². The number of rotatable bonds is 5. The SMILES string of the molecule is COCc1cc(CNC(=O)C2CCCN2)ccc1F.Cl. The molecule has 1 atom stereocenters. The fraction of sp³-hybridized carbons (Fsp3) is 0.500. The van der Waals surface area contributed by atoms with Crippen LogP contribution in [0.15, 0.2) is 18.2 Å². The van der Waals surface area contributed by atoms with Crippen LogP contribution < -0.4 is 10.6 Å². The van der Waals surface area contributed by atoms with Gasteiger partial charge in [-0.2, -0.15) is 0 Å². The molecule has 2 rings (SSSR count). The maximum Gasteiger partial charge on any atom is 0.237 e. The smallest absolute Gasteiger partial charge is 0.237 e. The van der Waals surface area contributed by atoms with Crippen molar-refractivity contribution in [3.8, 4) is 0 Å². The molecule has 1 aromatic carbocycles. The number of hydrogen-bond donors (Lipinski definition) is 2. The lowest BCUT2D eigenvalue weighted by atomic mass is 10.1. The second kappa shape index (κ2) is 8.19. The third kappa shape index (κ3) is 4.44. The summed E-state index contributed by atoms with van der Waals surface area (Å²) in [5.41, 5.74) is 1.38. The number of carbonyl (C=O) groups excluding carboxylic acids is 1. The number of halogens is 2. The minimum Gasteiger partial charge on any atom is -0.380 e. The Morgan fingerprint density at radius 2 is 2.35 bits per heavy atom. The maximum absolute atomic E-state index is 13.4. The van der Waals surface area contributed by atoms with Gasteiger partial charge in [0.25, 0.3) is 0 Å². The minimum atomic E-state index is -0.283. The van der Waals surface area contributed by atoms with Crippen molar-refractivity contribution in [2.75, 3.05) is 13.7 Å². The zero-order chi connectivity index (χ0) is 13.7. The Hall–Kier alpha value is -1.17. The van der Waals surface area contributed by atoms with E-state index in [0.29, 0.717) is 12.1 Å². The molecule has 1 unspecified atom stereocenters. The predicted octanol–water partition coefficient (Wildman–Crippen LogP) is 1.76. The molecule has 1 amide bonds. The van der Waals surface area contributed by atoms with E-state index in [1.54, 1.807) is 12.1 Å². The quantitative estimate of drug-likeness (QED) is 0.871. The molecule has 1 heterocycles. The second-order valence-electron chi connectivity index (χ2n) is 4.73. The summed E-state index contributed by atoms with van der Waals surface area (Å²) in [5.74, 6) is -0.274. The number of nitrogens with one attached hydrogen (secondary N) is 2. The topological polar surface area (TPSA) is 50.4 Å². The summed E-state index contributed by atoms with van der Waals surface area (Å²) in [6, 6.07) is 4.72. The lowest BCUT2D eigenvalue weighted by molar-refractivity contribution is -0.122. The monoisotopic (exact) mass is 302 g/mol. The number of carbonyl (C=O) groups is 1. The van der Waals surface area contributed by atoms with Crippen molar-refractivity contribution in [3.05, 3.63) is 35.1 Å². The van der Waals surface area contributed by atoms with Crippen LogP contribution in [0.2, 0.25) is 0 Å². The highest BCUT2D eigenvalue weighted by molar-refractivity contribution is 5.85. The van der Waals surface area contributed by atoms with Gasteiger partial charge >= 0.3 is 0 Å². The molecule has 0 radical (unpaired) electrons. The van der Waals surface area contributed by atoms with E-state index in [1.807, 2.05) is 0 Å². The largest absolute Gasteiger partial charge is 0.380 e. The van der Waals surface area contributed by atoms with Crippen LogP contribution in [0.5, 0.6) is 0 Å². The normalized spacial score (nSPS) is 17.6. The molecular weight excluding hydrogens is 283 g/mol. The van der Waals surface area contributed by atoms with E-state index < -0.39 is 0 Å². The molecule has 0 aliphatic carbocycles. The molecule has 0 aromatic heterocycles. The van der Waals surface area contributed by atoms with Crippen molar-refractivity contribution in [2.24, 2.45) is 0 Å². The van der Waals surface area contributed by atoms with Crippen LogP contribution in [0.25, 0.3) is 0 Å².